The Morgan fingerprint density at radius 3 is 2.71 bits per heavy atom. The molecule has 2 N–H and O–H groups in total. The van der Waals surface area contributed by atoms with E-state index in [1.165, 1.54) is 16.4 Å². The number of rotatable bonds is 6. The van der Waals surface area contributed by atoms with Gasteiger partial charge in [0.1, 0.15) is 5.75 Å². The van der Waals surface area contributed by atoms with Crippen LogP contribution < -0.4 is 10.6 Å². The van der Waals surface area contributed by atoms with Gasteiger partial charge in [-0.05, 0) is 36.4 Å². The summed E-state index contributed by atoms with van der Waals surface area (Å²) in [6.45, 7) is 0. The predicted molar refractivity (Wildman–Crippen MR) is 106 cm³/mol. The van der Waals surface area contributed by atoms with E-state index in [1.807, 2.05) is 36.4 Å². The first kappa shape index (κ1) is 18.3. The van der Waals surface area contributed by atoms with Gasteiger partial charge < -0.3 is 15.1 Å². The fourth-order valence-electron chi connectivity index (χ4n) is 2.55. The molecule has 4 aromatic rings. The highest BCUT2D eigenvalue weighted by atomic mass is 35.5. The standard InChI is InChI=1S/C18H15ClN6O2S/c1-26-14-5-3-2-4-13(14)16-21-15(27-24-16)10-28-18-23-22-17(25(18)20)11-6-8-12(19)9-7-11/h2-9H,10,20H2,1H3. The number of ether oxygens (including phenoxy) is 1. The zero-order chi connectivity index (χ0) is 19.5. The SMILES string of the molecule is COc1ccccc1-c1noc(CSc2nnc(-c3ccc(Cl)cc3)n2N)n1. The van der Waals surface area contributed by atoms with Gasteiger partial charge in [-0.15, -0.1) is 10.2 Å². The molecule has 0 spiro atoms. The van der Waals surface area contributed by atoms with Crippen molar-refractivity contribution in [2.75, 3.05) is 13.0 Å². The van der Waals surface area contributed by atoms with Crippen LogP contribution in [0.3, 0.4) is 0 Å². The molecule has 2 heterocycles. The van der Waals surface area contributed by atoms with Crippen LogP contribution in [0.15, 0.2) is 58.2 Å². The first-order chi connectivity index (χ1) is 13.7. The molecule has 28 heavy (non-hydrogen) atoms. The van der Waals surface area contributed by atoms with E-state index in [9.17, 15) is 0 Å². The summed E-state index contributed by atoms with van der Waals surface area (Å²) in [6.07, 6.45) is 0. The Morgan fingerprint density at radius 2 is 1.93 bits per heavy atom. The maximum Gasteiger partial charge on any atom is 0.237 e. The van der Waals surface area contributed by atoms with Crippen molar-refractivity contribution >= 4 is 23.4 Å². The molecular formula is C18H15ClN6O2S. The number of aromatic nitrogens is 5. The Balaban J connectivity index is 1.49. The number of nitrogen functional groups attached to an aromatic ring is 1. The van der Waals surface area contributed by atoms with Crippen molar-refractivity contribution in [2.45, 2.75) is 10.9 Å². The van der Waals surface area contributed by atoms with Gasteiger partial charge in [-0.1, -0.05) is 40.7 Å². The molecule has 0 bridgehead atoms. The van der Waals surface area contributed by atoms with Crippen molar-refractivity contribution in [3.05, 3.63) is 59.4 Å². The molecule has 2 aromatic heterocycles. The molecule has 0 aliphatic rings. The van der Waals surface area contributed by atoms with E-state index in [2.05, 4.69) is 20.3 Å². The summed E-state index contributed by atoms with van der Waals surface area (Å²) in [5, 5.41) is 13.5. The van der Waals surface area contributed by atoms with Crippen molar-refractivity contribution < 1.29 is 9.26 Å². The Labute approximate surface area is 169 Å². The highest BCUT2D eigenvalue weighted by Gasteiger charge is 2.16. The molecule has 0 saturated heterocycles. The molecule has 142 valence electrons. The molecule has 10 heteroatoms. The Kier molecular flexibility index (Phi) is 5.18. The van der Waals surface area contributed by atoms with Gasteiger partial charge in [0.05, 0.1) is 18.4 Å². The summed E-state index contributed by atoms with van der Waals surface area (Å²) in [5.41, 5.74) is 1.58. The second-order valence-corrected chi connectivity index (χ2v) is 7.06. The maximum absolute atomic E-state index is 6.13. The number of benzene rings is 2. The number of hydrogen-bond donors (Lipinski definition) is 1. The van der Waals surface area contributed by atoms with Crippen LogP contribution in [0.4, 0.5) is 0 Å². The summed E-state index contributed by atoms with van der Waals surface area (Å²) in [4.78, 5) is 4.42. The average molecular weight is 415 g/mol. The summed E-state index contributed by atoms with van der Waals surface area (Å²) < 4.78 is 12.1. The van der Waals surface area contributed by atoms with Gasteiger partial charge in [0, 0.05) is 10.6 Å². The molecule has 0 radical (unpaired) electrons. The monoisotopic (exact) mass is 414 g/mol. The van der Waals surface area contributed by atoms with Crippen LogP contribution in [0.2, 0.25) is 5.02 Å². The first-order valence-corrected chi connectivity index (χ1v) is 9.57. The Morgan fingerprint density at radius 1 is 1.14 bits per heavy atom. The van der Waals surface area contributed by atoms with Crippen LogP contribution in [0.25, 0.3) is 22.8 Å². The second kappa shape index (κ2) is 7.91. The maximum atomic E-state index is 6.13. The summed E-state index contributed by atoms with van der Waals surface area (Å²) >= 11 is 7.27. The molecule has 0 saturated carbocycles. The fourth-order valence-corrected chi connectivity index (χ4v) is 3.37. The molecule has 0 unspecified atom stereocenters. The van der Waals surface area contributed by atoms with Gasteiger partial charge in [0.25, 0.3) is 0 Å². The highest BCUT2D eigenvalue weighted by Crippen LogP contribution is 2.29. The van der Waals surface area contributed by atoms with Crippen molar-refractivity contribution in [3.63, 3.8) is 0 Å². The number of methoxy groups -OCH3 is 1. The largest absolute Gasteiger partial charge is 0.496 e. The third kappa shape index (κ3) is 3.67. The summed E-state index contributed by atoms with van der Waals surface area (Å²) in [6, 6.07) is 14.7. The number of nitrogens with two attached hydrogens (primary N) is 1. The van der Waals surface area contributed by atoms with Crippen LogP contribution in [-0.4, -0.2) is 32.1 Å². The fraction of sp³-hybridized carbons (Fsp3) is 0.111. The van der Waals surface area contributed by atoms with E-state index in [1.54, 1.807) is 19.2 Å². The molecule has 0 atom stereocenters. The third-order valence-corrected chi connectivity index (χ3v) is 5.09. The van der Waals surface area contributed by atoms with Crippen LogP contribution >= 0.6 is 23.4 Å². The average Bonchev–Trinajstić information content (AvgIpc) is 3.34. The highest BCUT2D eigenvalue weighted by molar-refractivity contribution is 7.98. The second-order valence-electron chi connectivity index (χ2n) is 5.68. The van der Waals surface area contributed by atoms with E-state index in [-0.39, 0.29) is 0 Å². The van der Waals surface area contributed by atoms with Crippen LogP contribution in [-0.2, 0) is 5.75 Å². The number of nitrogens with zero attached hydrogens (tertiary/aromatic N) is 5. The Hall–Kier alpha value is -3.04. The minimum atomic E-state index is 0.401. The Bertz CT molecular complexity index is 1100. The lowest BCUT2D eigenvalue weighted by Gasteiger charge is -2.03. The van der Waals surface area contributed by atoms with Gasteiger partial charge in [0.15, 0.2) is 5.82 Å². The van der Waals surface area contributed by atoms with Gasteiger partial charge in [-0.2, -0.15) is 4.98 Å². The quantitative estimate of drug-likeness (QED) is 0.376. The third-order valence-electron chi connectivity index (χ3n) is 3.91. The molecule has 0 aliphatic carbocycles. The molecule has 0 fully saturated rings. The smallest absolute Gasteiger partial charge is 0.237 e. The minimum absolute atomic E-state index is 0.401. The van der Waals surface area contributed by atoms with Gasteiger partial charge in [-0.3, -0.25) is 0 Å². The molecule has 8 nitrogen and oxygen atoms in total. The number of para-hydroxylation sites is 1. The van der Waals surface area contributed by atoms with Crippen molar-refractivity contribution in [1.29, 1.82) is 0 Å². The lowest BCUT2D eigenvalue weighted by molar-refractivity contribution is 0.390. The van der Waals surface area contributed by atoms with Crippen molar-refractivity contribution in [1.82, 2.24) is 25.0 Å². The van der Waals surface area contributed by atoms with Crippen LogP contribution in [0.1, 0.15) is 5.89 Å². The van der Waals surface area contributed by atoms with E-state index in [4.69, 9.17) is 26.7 Å². The summed E-state index contributed by atoms with van der Waals surface area (Å²) in [5.74, 6) is 8.65. The first-order valence-electron chi connectivity index (χ1n) is 8.21. The minimum Gasteiger partial charge on any atom is -0.496 e. The van der Waals surface area contributed by atoms with E-state index < -0.39 is 0 Å². The molecular weight excluding hydrogens is 400 g/mol. The van der Waals surface area contributed by atoms with Gasteiger partial charge in [-0.25, -0.2) is 4.68 Å². The topological polar surface area (TPSA) is 105 Å². The van der Waals surface area contributed by atoms with Crippen LogP contribution in [0.5, 0.6) is 5.75 Å². The van der Waals surface area contributed by atoms with Crippen LogP contribution in [0, 0.1) is 0 Å². The lowest BCUT2D eigenvalue weighted by atomic mass is 10.2. The normalized spacial score (nSPS) is 10.9. The molecule has 4 rings (SSSR count). The molecule has 2 aromatic carbocycles. The van der Waals surface area contributed by atoms with Crippen molar-refractivity contribution in [2.24, 2.45) is 0 Å². The van der Waals surface area contributed by atoms with E-state index >= 15 is 0 Å². The molecule has 0 aliphatic heterocycles. The summed E-state index contributed by atoms with van der Waals surface area (Å²) in [7, 11) is 1.60. The van der Waals surface area contributed by atoms with E-state index in [0.29, 0.717) is 39.2 Å². The predicted octanol–water partition coefficient (Wildman–Crippen LogP) is 3.66. The lowest BCUT2D eigenvalue weighted by Crippen LogP contribution is -2.11. The van der Waals surface area contributed by atoms with Crippen molar-refractivity contribution in [3.8, 4) is 28.5 Å². The number of halogens is 1. The number of thioether (sulfide) groups is 1. The zero-order valence-electron chi connectivity index (χ0n) is 14.7. The molecule has 0 amide bonds. The number of hydrogen-bond acceptors (Lipinski definition) is 8. The zero-order valence-corrected chi connectivity index (χ0v) is 16.3. The van der Waals surface area contributed by atoms with E-state index in [0.717, 1.165) is 11.1 Å². The van der Waals surface area contributed by atoms with Gasteiger partial charge >= 0.3 is 0 Å². The van der Waals surface area contributed by atoms with Gasteiger partial charge in [0.2, 0.25) is 16.9 Å².